The summed E-state index contributed by atoms with van der Waals surface area (Å²) in [6.07, 6.45) is 0.621. The molecule has 0 saturated carbocycles. The van der Waals surface area contributed by atoms with Crippen molar-refractivity contribution >= 4 is 23.4 Å². The van der Waals surface area contributed by atoms with Crippen LogP contribution < -0.4 is 10.0 Å². The van der Waals surface area contributed by atoms with E-state index in [9.17, 15) is 23.9 Å². The highest BCUT2D eigenvalue weighted by Gasteiger charge is 2.44. The zero-order valence-corrected chi connectivity index (χ0v) is 20.1. The van der Waals surface area contributed by atoms with Crippen molar-refractivity contribution in [2.75, 3.05) is 33.8 Å². The summed E-state index contributed by atoms with van der Waals surface area (Å²) < 4.78 is 18.7. The number of amides is 1. The lowest BCUT2D eigenvalue weighted by atomic mass is 9.94. The monoisotopic (exact) mass is 471 g/mol. The van der Waals surface area contributed by atoms with Gasteiger partial charge >= 0.3 is 5.97 Å². The van der Waals surface area contributed by atoms with Crippen LogP contribution in [0.3, 0.4) is 0 Å². The van der Waals surface area contributed by atoms with Gasteiger partial charge < -0.3 is 24.6 Å². The van der Waals surface area contributed by atoms with Crippen molar-refractivity contribution in [2.24, 2.45) is 0 Å². The molecule has 0 radical (unpaired) electrons. The maximum atomic E-state index is 13.7. The lowest BCUT2D eigenvalue weighted by molar-refractivity contribution is -0.858. The number of ketones is 1. The number of quaternary nitrogens is 1. The Morgan fingerprint density at radius 1 is 1.21 bits per heavy atom. The summed E-state index contributed by atoms with van der Waals surface area (Å²) in [7, 11) is 3.96. The van der Waals surface area contributed by atoms with Crippen LogP contribution >= 0.6 is 0 Å². The number of halogens is 1. The Bertz CT molecular complexity index is 1130. The van der Waals surface area contributed by atoms with E-state index in [4.69, 9.17) is 4.74 Å². The van der Waals surface area contributed by atoms with Gasteiger partial charge in [-0.25, -0.2) is 9.18 Å². The Morgan fingerprint density at radius 3 is 2.44 bits per heavy atom. The van der Waals surface area contributed by atoms with Gasteiger partial charge in [0.05, 0.1) is 33.3 Å². The van der Waals surface area contributed by atoms with Gasteiger partial charge in [-0.1, -0.05) is 17.9 Å². The first-order valence-corrected chi connectivity index (χ1v) is 11.3. The van der Waals surface area contributed by atoms with Crippen molar-refractivity contribution in [3.05, 3.63) is 63.7 Å². The lowest BCUT2D eigenvalue weighted by Gasteiger charge is -2.28. The van der Waals surface area contributed by atoms with Gasteiger partial charge in [0, 0.05) is 24.2 Å². The molecule has 1 aromatic heterocycles. The minimum atomic E-state index is -0.940. The SMILES string of the molecule is CCOC(=O)c1[nH]c(C)c(C([O-])=C2C(=O)C(=O)N(CCC[NH+](C)C)C2c2ccc(F)cc2)c1C. The molecule has 3 rings (SSSR count). The van der Waals surface area contributed by atoms with Gasteiger partial charge in [0.25, 0.3) is 5.91 Å². The van der Waals surface area contributed by atoms with E-state index in [1.807, 2.05) is 14.1 Å². The number of nitrogens with zero attached hydrogens (tertiary/aromatic N) is 1. The summed E-state index contributed by atoms with van der Waals surface area (Å²) in [5.74, 6) is -3.34. The fourth-order valence-electron chi connectivity index (χ4n) is 4.33. The average Bonchev–Trinajstić information content (AvgIpc) is 3.21. The number of hydrogen-bond donors (Lipinski definition) is 2. The first-order valence-electron chi connectivity index (χ1n) is 11.3. The van der Waals surface area contributed by atoms with Crippen molar-refractivity contribution in [1.82, 2.24) is 9.88 Å². The summed E-state index contributed by atoms with van der Waals surface area (Å²) in [6, 6.07) is 4.48. The Labute approximate surface area is 198 Å². The molecule has 2 aromatic rings. The quantitative estimate of drug-likeness (QED) is 0.255. The van der Waals surface area contributed by atoms with E-state index in [-0.39, 0.29) is 30.0 Å². The molecular formula is C25H30FN3O5. The van der Waals surface area contributed by atoms with Crippen LogP contribution in [0.2, 0.25) is 0 Å². The Balaban J connectivity index is 2.15. The number of carbonyl (C=O) groups is 3. The smallest absolute Gasteiger partial charge is 0.355 e. The molecule has 1 aliphatic heterocycles. The third-order valence-electron chi connectivity index (χ3n) is 5.94. The topological polar surface area (TPSA) is 107 Å². The van der Waals surface area contributed by atoms with Gasteiger partial charge in [0.1, 0.15) is 11.5 Å². The molecule has 0 bridgehead atoms. The fraction of sp³-hybridized carbons (Fsp3) is 0.400. The van der Waals surface area contributed by atoms with Crippen LogP contribution in [0, 0.1) is 19.7 Å². The Hall–Kier alpha value is -3.46. The summed E-state index contributed by atoms with van der Waals surface area (Å²) in [4.78, 5) is 43.8. The third kappa shape index (κ3) is 4.75. The van der Waals surface area contributed by atoms with Gasteiger partial charge in [0.2, 0.25) is 5.78 Å². The van der Waals surface area contributed by atoms with Crippen molar-refractivity contribution < 1.29 is 33.5 Å². The number of aromatic nitrogens is 1. The minimum Gasteiger partial charge on any atom is -0.872 e. The number of Topliss-reactive ketones (excluding diaryl/α,β-unsaturated/α-hetero) is 1. The van der Waals surface area contributed by atoms with Gasteiger partial charge in [0.15, 0.2) is 0 Å². The van der Waals surface area contributed by atoms with Crippen LogP contribution in [0.25, 0.3) is 5.76 Å². The number of ether oxygens (including phenoxy) is 1. The van der Waals surface area contributed by atoms with E-state index < -0.39 is 35.3 Å². The molecule has 1 unspecified atom stereocenters. The molecule has 1 amide bonds. The third-order valence-corrected chi connectivity index (χ3v) is 5.94. The van der Waals surface area contributed by atoms with Crippen LogP contribution in [0.5, 0.6) is 0 Å². The second kappa shape index (κ2) is 10.2. The summed E-state index contributed by atoms with van der Waals surface area (Å²) in [5.41, 5.74) is 1.30. The van der Waals surface area contributed by atoms with Crippen LogP contribution in [-0.2, 0) is 14.3 Å². The van der Waals surface area contributed by atoms with Gasteiger partial charge in [-0.15, -0.1) is 0 Å². The van der Waals surface area contributed by atoms with Crippen LogP contribution in [0.15, 0.2) is 29.8 Å². The molecule has 8 nitrogen and oxygen atoms in total. The lowest BCUT2D eigenvalue weighted by Crippen LogP contribution is -3.05. The number of carbonyl (C=O) groups excluding carboxylic acids is 3. The Kier molecular flexibility index (Phi) is 7.56. The largest absolute Gasteiger partial charge is 0.872 e. The van der Waals surface area contributed by atoms with Crippen LogP contribution in [-0.4, -0.2) is 61.3 Å². The number of aryl methyl sites for hydroxylation is 1. The molecular weight excluding hydrogens is 441 g/mol. The van der Waals surface area contributed by atoms with Crippen molar-refractivity contribution in [2.45, 2.75) is 33.2 Å². The highest BCUT2D eigenvalue weighted by Crippen LogP contribution is 2.40. The highest BCUT2D eigenvalue weighted by molar-refractivity contribution is 6.46. The second-order valence-electron chi connectivity index (χ2n) is 8.68. The molecule has 2 heterocycles. The van der Waals surface area contributed by atoms with E-state index in [1.165, 1.54) is 34.1 Å². The maximum absolute atomic E-state index is 13.7. The molecule has 0 aliphatic carbocycles. The van der Waals surface area contributed by atoms with Crippen LogP contribution in [0.4, 0.5) is 4.39 Å². The first-order chi connectivity index (χ1) is 16.1. The fourth-order valence-corrected chi connectivity index (χ4v) is 4.33. The number of aromatic amines is 1. The van der Waals surface area contributed by atoms with E-state index in [1.54, 1.807) is 20.8 Å². The average molecular weight is 472 g/mol. The molecule has 9 heteroatoms. The van der Waals surface area contributed by atoms with E-state index in [0.717, 1.165) is 6.54 Å². The predicted octanol–water partition coefficient (Wildman–Crippen LogP) is 0.706. The van der Waals surface area contributed by atoms with Crippen LogP contribution in [0.1, 0.15) is 52.3 Å². The second-order valence-corrected chi connectivity index (χ2v) is 8.68. The van der Waals surface area contributed by atoms with Crippen molar-refractivity contribution in [3.63, 3.8) is 0 Å². The Morgan fingerprint density at radius 2 is 1.85 bits per heavy atom. The molecule has 1 atom stereocenters. The number of benzene rings is 1. The molecule has 1 fully saturated rings. The van der Waals surface area contributed by atoms with Gasteiger partial charge in [-0.2, -0.15) is 0 Å². The van der Waals surface area contributed by atoms with Gasteiger partial charge in [-0.3, -0.25) is 9.59 Å². The molecule has 182 valence electrons. The number of hydrogen-bond acceptors (Lipinski definition) is 5. The molecule has 0 spiro atoms. The van der Waals surface area contributed by atoms with E-state index >= 15 is 0 Å². The predicted molar refractivity (Wildman–Crippen MR) is 121 cm³/mol. The van der Waals surface area contributed by atoms with Gasteiger partial charge in [-0.05, 0) is 49.6 Å². The summed E-state index contributed by atoms with van der Waals surface area (Å²) >= 11 is 0. The number of rotatable bonds is 8. The number of H-pyrrole nitrogens is 1. The number of nitrogens with one attached hydrogen (secondary N) is 2. The first kappa shape index (κ1) is 25.2. The number of esters is 1. The van der Waals surface area contributed by atoms with E-state index in [2.05, 4.69) is 4.98 Å². The zero-order chi connectivity index (χ0) is 25.2. The summed E-state index contributed by atoms with van der Waals surface area (Å²) in [6.45, 7) is 6.09. The standard InChI is InChI=1S/C25H30FN3O5/c1-6-34-25(33)20-14(2)18(15(3)27-20)22(30)19-21(16-8-10-17(26)11-9-16)29(24(32)23(19)31)13-7-12-28(4)5/h8-11,21,27,30H,6-7,12-13H2,1-5H3. The summed E-state index contributed by atoms with van der Waals surface area (Å²) in [5, 5.41) is 13.7. The molecule has 1 saturated heterocycles. The molecule has 1 aliphatic rings. The van der Waals surface area contributed by atoms with Crippen molar-refractivity contribution in [3.8, 4) is 0 Å². The molecule has 34 heavy (non-hydrogen) atoms. The van der Waals surface area contributed by atoms with E-state index in [0.29, 0.717) is 23.2 Å². The minimum absolute atomic E-state index is 0.129. The normalized spacial score (nSPS) is 17.6. The molecule has 2 N–H and O–H groups in total. The highest BCUT2D eigenvalue weighted by atomic mass is 19.1. The molecule has 1 aromatic carbocycles. The maximum Gasteiger partial charge on any atom is 0.355 e. The number of likely N-dealkylation sites (tertiary alicyclic amines) is 1. The zero-order valence-electron chi connectivity index (χ0n) is 20.1. The van der Waals surface area contributed by atoms with Crippen molar-refractivity contribution in [1.29, 1.82) is 0 Å².